The van der Waals surface area contributed by atoms with Crippen molar-refractivity contribution in [2.24, 2.45) is 0 Å². The maximum Gasteiger partial charge on any atom is 0.0904 e. The molecule has 0 radical (unpaired) electrons. The third-order valence-corrected chi connectivity index (χ3v) is 2.25. The van der Waals surface area contributed by atoms with Crippen molar-refractivity contribution in [1.29, 1.82) is 0 Å². The van der Waals surface area contributed by atoms with E-state index in [0.717, 1.165) is 13.0 Å². The Morgan fingerprint density at radius 1 is 1.08 bits per heavy atom. The summed E-state index contributed by atoms with van der Waals surface area (Å²) in [5, 5.41) is 27.0. The molecule has 3 N–H and O–H groups in total. The van der Waals surface area contributed by atoms with Crippen LogP contribution in [0.3, 0.4) is 0 Å². The van der Waals surface area contributed by atoms with Gasteiger partial charge in [-0.25, -0.2) is 0 Å². The molecule has 0 aromatic heterocycles. The predicted molar refractivity (Wildman–Crippen MR) is 46.9 cm³/mol. The fourth-order valence-corrected chi connectivity index (χ4v) is 1.08. The summed E-state index contributed by atoms with van der Waals surface area (Å²) >= 11 is 0. The van der Waals surface area contributed by atoms with Crippen LogP contribution < -0.4 is 0 Å². The Morgan fingerprint density at radius 3 is 1.75 bits per heavy atom. The van der Waals surface area contributed by atoms with Gasteiger partial charge in [0, 0.05) is 0 Å². The fourth-order valence-electron chi connectivity index (χ4n) is 1.08. The minimum atomic E-state index is -0.865. The van der Waals surface area contributed by atoms with Gasteiger partial charge in [-0.05, 0) is 20.0 Å². The van der Waals surface area contributed by atoms with E-state index < -0.39 is 5.54 Å². The van der Waals surface area contributed by atoms with Gasteiger partial charge in [-0.2, -0.15) is 0 Å². The molecule has 0 aromatic rings. The number of hydrogen-bond donors (Lipinski definition) is 3. The first-order chi connectivity index (χ1) is 5.66. The Labute approximate surface area is 73.4 Å². The number of rotatable bonds is 6. The Kier molecular flexibility index (Phi) is 5.41. The number of aliphatic hydroxyl groups excluding tert-OH is 3. The molecule has 0 unspecified atom stereocenters. The van der Waals surface area contributed by atoms with Gasteiger partial charge in [0.05, 0.1) is 25.4 Å². The maximum absolute atomic E-state index is 9.01. The molecule has 0 rings (SSSR count). The quantitative estimate of drug-likeness (QED) is 0.489. The van der Waals surface area contributed by atoms with E-state index in [0.29, 0.717) is 0 Å². The summed E-state index contributed by atoms with van der Waals surface area (Å²) < 4.78 is 0. The number of nitrogens with zero attached hydrogens (tertiary/aromatic N) is 1. The molecule has 4 nitrogen and oxygen atoms in total. The second-order valence-corrected chi connectivity index (χ2v) is 3.12. The molecule has 0 heterocycles. The van der Waals surface area contributed by atoms with E-state index in [-0.39, 0.29) is 19.8 Å². The van der Waals surface area contributed by atoms with Gasteiger partial charge in [-0.3, -0.25) is 4.90 Å². The SMILES string of the molecule is CCCN(C)C(CO)(CO)CO. The summed E-state index contributed by atoms with van der Waals surface area (Å²) in [5.74, 6) is 0. The van der Waals surface area contributed by atoms with E-state index in [1.165, 1.54) is 0 Å². The van der Waals surface area contributed by atoms with E-state index in [2.05, 4.69) is 0 Å². The van der Waals surface area contributed by atoms with Crippen molar-refractivity contribution in [2.45, 2.75) is 18.9 Å². The highest BCUT2D eigenvalue weighted by Crippen LogP contribution is 2.11. The largest absolute Gasteiger partial charge is 0.394 e. The molecule has 12 heavy (non-hydrogen) atoms. The van der Waals surface area contributed by atoms with Gasteiger partial charge in [0.25, 0.3) is 0 Å². The topological polar surface area (TPSA) is 63.9 Å². The lowest BCUT2D eigenvalue weighted by molar-refractivity contribution is -0.0346. The lowest BCUT2D eigenvalue weighted by atomic mass is 10.0. The number of likely N-dealkylation sites (N-methyl/N-ethyl adjacent to an activating group) is 1. The Bertz CT molecular complexity index is 107. The maximum atomic E-state index is 9.01. The third-order valence-electron chi connectivity index (χ3n) is 2.25. The van der Waals surface area contributed by atoms with E-state index in [1.807, 2.05) is 6.92 Å². The van der Waals surface area contributed by atoms with Crippen molar-refractivity contribution in [3.05, 3.63) is 0 Å². The number of aliphatic hydroxyl groups is 3. The lowest BCUT2D eigenvalue weighted by Crippen LogP contribution is -2.55. The molecule has 0 aliphatic heterocycles. The van der Waals surface area contributed by atoms with E-state index in [1.54, 1.807) is 11.9 Å². The highest BCUT2D eigenvalue weighted by atomic mass is 16.3. The predicted octanol–water partition coefficient (Wildman–Crippen LogP) is -0.956. The van der Waals surface area contributed by atoms with Crippen molar-refractivity contribution in [3.63, 3.8) is 0 Å². The Balaban J connectivity index is 4.24. The summed E-state index contributed by atoms with van der Waals surface area (Å²) in [6.45, 7) is 2.08. The second-order valence-electron chi connectivity index (χ2n) is 3.12. The zero-order valence-electron chi connectivity index (χ0n) is 7.82. The smallest absolute Gasteiger partial charge is 0.0904 e. The van der Waals surface area contributed by atoms with Gasteiger partial charge in [0.15, 0.2) is 0 Å². The zero-order valence-corrected chi connectivity index (χ0v) is 7.82. The first-order valence-corrected chi connectivity index (χ1v) is 4.20. The second kappa shape index (κ2) is 5.48. The summed E-state index contributed by atoms with van der Waals surface area (Å²) in [5.41, 5.74) is -0.865. The first-order valence-electron chi connectivity index (χ1n) is 4.20. The molecule has 0 spiro atoms. The van der Waals surface area contributed by atoms with Crippen LogP contribution in [0.5, 0.6) is 0 Å². The minimum absolute atomic E-state index is 0.226. The Hall–Kier alpha value is -0.160. The molecule has 0 atom stereocenters. The van der Waals surface area contributed by atoms with Crippen LogP contribution >= 0.6 is 0 Å². The summed E-state index contributed by atoms with van der Waals surface area (Å²) in [4.78, 5) is 1.78. The molecule has 74 valence electrons. The normalized spacial score (nSPS) is 12.5. The molecule has 0 aromatic carbocycles. The van der Waals surface area contributed by atoms with Crippen LogP contribution in [0.4, 0.5) is 0 Å². The van der Waals surface area contributed by atoms with Crippen molar-refractivity contribution in [2.75, 3.05) is 33.4 Å². The summed E-state index contributed by atoms with van der Waals surface area (Å²) in [7, 11) is 1.78. The molecule has 0 amide bonds. The monoisotopic (exact) mass is 177 g/mol. The molecule has 0 fully saturated rings. The van der Waals surface area contributed by atoms with E-state index in [9.17, 15) is 0 Å². The van der Waals surface area contributed by atoms with Crippen molar-refractivity contribution in [1.82, 2.24) is 4.90 Å². The van der Waals surface area contributed by atoms with Crippen LogP contribution in [-0.2, 0) is 0 Å². The summed E-state index contributed by atoms with van der Waals surface area (Å²) in [6, 6.07) is 0. The van der Waals surface area contributed by atoms with E-state index >= 15 is 0 Å². The first kappa shape index (κ1) is 11.8. The molecular formula is C8H19NO3. The third kappa shape index (κ3) is 2.42. The van der Waals surface area contributed by atoms with Gasteiger partial charge in [-0.15, -0.1) is 0 Å². The van der Waals surface area contributed by atoms with Gasteiger partial charge in [0.1, 0.15) is 0 Å². The van der Waals surface area contributed by atoms with Crippen LogP contribution in [0, 0.1) is 0 Å². The fraction of sp³-hybridized carbons (Fsp3) is 1.00. The minimum Gasteiger partial charge on any atom is -0.394 e. The molecule has 0 aliphatic carbocycles. The molecule has 4 heteroatoms. The molecular weight excluding hydrogens is 158 g/mol. The lowest BCUT2D eigenvalue weighted by Gasteiger charge is -2.37. The van der Waals surface area contributed by atoms with E-state index in [4.69, 9.17) is 15.3 Å². The standard InChI is InChI=1S/C8H19NO3/c1-3-4-9(2)8(5-10,6-11)7-12/h10-12H,3-7H2,1-2H3. The highest BCUT2D eigenvalue weighted by Gasteiger charge is 2.32. The van der Waals surface area contributed by atoms with Gasteiger partial charge in [-0.1, -0.05) is 6.92 Å². The van der Waals surface area contributed by atoms with Crippen molar-refractivity contribution in [3.8, 4) is 0 Å². The van der Waals surface area contributed by atoms with Gasteiger partial charge >= 0.3 is 0 Å². The van der Waals surface area contributed by atoms with Crippen LogP contribution in [0.25, 0.3) is 0 Å². The molecule has 0 bridgehead atoms. The Morgan fingerprint density at radius 2 is 1.50 bits per heavy atom. The molecule has 0 saturated carbocycles. The van der Waals surface area contributed by atoms with Crippen LogP contribution in [0.1, 0.15) is 13.3 Å². The highest BCUT2D eigenvalue weighted by molar-refractivity contribution is 4.87. The van der Waals surface area contributed by atoms with Crippen LogP contribution in [-0.4, -0.2) is 59.2 Å². The average molecular weight is 177 g/mol. The van der Waals surface area contributed by atoms with Crippen molar-refractivity contribution >= 4 is 0 Å². The zero-order chi connectivity index (χ0) is 9.61. The average Bonchev–Trinajstić information content (AvgIpc) is 2.09. The molecule has 0 saturated heterocycles. The van der Waals surface area contributed by atoms with Crippen LogP contribution in [0.15, 0.2) is 0 Å². The number of hydrogen-bond acceptors (Lipinski definition) is 4. The molecule has 0 aliphatic rings. The summed E-state index contributed by atoms with van der Waals surface area (Å²) in [6.07, 6.45) is 0.929. The van der Waals surface area contributed by atoms with Crippen molar-refractivity contribution < 1.29 is 15.3 Å². The van der Waals surface area contributed by atoms with Gasteiger partial charge < -0.3 is 15.3 Å². The van der Waals surface area contributed by atoms with Gasteiger partial charge in [0.2, 0.25) is 0 Å². The van der Waals surface area contributed by atoms with Crippen LogP contribution in [0.2, 0.25) is 0 Å².